The molecule has 1 saturated carbocycles. The quantitative estimate of drug-likeness (QED) is 0.213. The largest absolute Gasteiger partial charge is 0.394 e. The van der Waals surface area contributed by atoms with Gasteiger partial charge in [-0.05, 0) is 56.4 Å². The number of amides is 2. The number of carbonyl (C=O) groups excluding carboxylic acids is 2. The summed E-state index contributed by atoms with van der Waals surface area (Å²) in [7, 11) is 0. The van der Waals surface area contributed by atoms with E-state index < -0.39 is 29.5 Å². The normalized spacial score (nSPS) is 19.5. The fourth-order valence-corrected chi connectivity index (χ4v) is 2.75. The van der Waals surface area contributed by atoms with Crippen LogP contribution in [0.4, 0.5) is 0 Å². The number of aliphatic hydroxyl groups is 2. The summed E-state index contributed by atoms with van der Waals surface area (Å²) in [6.07, 6.45) is 0.0311. The van der Waals surface area contributed by atoms with Gasteiger partial charge in [0.15, 0.2) is 0 Å². The van der Waals surface area contributed by atoms with Crippen molar-refractivity contribution in [2.24, 2.45) is 17.6 Å². The Morgan fingerprint density at radius 3 is 2.48 bits per heavy atom. The lowest BCUT2D eigenvalue weighted by Crippen LogP contribution is -2.61. The number of benzene rings is 1. The SMILES string of the molecule is CC(C)(N)[C@H](NC(=O)c1ccc(C#CC#CC2C[C@H]2C(O)CO)cc1)C(=O)NO. The van der Waals surface area contributed by atoms with Crippen LogP contribution in [-0.4, -0.2) is 51.5 Å². The summed E-state index contributed by atoms with van der Waals surface area (Å²) >= 11 is 0. The maximum absolute atomic E-state index is 12.4. The van der Waals surface area contributed by atoms with Crippen LogP contribution in [0.1, 0.15) is 36.2 Å². The van der Waals surface area contributed by atoms with Gasteiger partial charge in [-0.25, -0.2) is 5.48 Å². The van der Waals surface area contributed by atoms with E-state index in [1.165, 1.54) is 5.48 Å². The Bertz CT molecular complexity index is 868. The monoisotopic (exact) mass is 399 g/mol. The number of hydrogen-bond donors (Lipinski definition) is 6. The number of aliphatic hydroxyl groups excluding tert-OH is 2. The lowest BCUT2D eigenvalue weighted by molar-refractivity contribution is -0.132. The molecule has 7 N–H and O–H groups in total. The van der Waals surface area contributed by atoms with Crippen molar-refractivity contribution in [2.75, 3.05) is 6.61 Å². The molecule has 0 bridgehead atoms. The zero-order chi connectivity index (χ0) is 21.6. The van der Waals surface area contributed by atoms with Crippen LogP contribution < -0.4 is 16.5 Å². The molecule has 4 atom stereocenters. The minimum atomic E-state index is -1.12. The Hall–Kier alpha value is -2.88. The summed E-state index contributed by atoms with van der Waals surface area (Å²) in [5.74, 6) is 10.0. The van der Waals surface area contributed by atoms with E-state index in [2.05, 4.69) is 29.0 Å². The molecule has 2 unspecified atom stereocenters. The topological polar surface area (TPSA) is 145 Å². The molecule has 29 heavy (non-hydrogen) atoms. The average Bonchev–Trinajstić information content (AvgIpc) is 3.47. The van der Waals surface area contributed by atoms with Crippen molar-refractivity contribution in [3.63, 3.8) is 0 Å². The molecule has 0 aliphatic heterocycles. The average molecular weight is 399 g/mol. The van der Waals surface area contributed by atoms with Crippen LogP contribution in [0.15, 0.2) is 24.3 Å². The second kappa shape index (κ2) is 9.55. The van der Waals surface area contributed by atoms with Crippen molar-refractivity contribution in [2.45, 2.75) is 38.0 Å². The van der Waals surface area contributed by atoms with Crippen LogP contribution in [0.2, 0.25) is 0 Å². The zero-order valence-electron chi connectivity index (χ0n) is 16.3. The van der Waals surface area contributed by atoms with Crippen molar-refractivity contribution in [3.05, 3.63) is 35.4 Å². The molecular formula is C21H25N3O5. The Labute approximate surface area is 169 Å². The van der Waals surface area contributed by atoms with Crippen LogP contribution in [0.5, 0.6) is 0 Å². The smallest absolute Gasteiger partial charge is 0.267 e. The van der Waals surface area contributed by atoms with E-state index in [4.69, 9.17) is 16.0 Å². The third-order valence-electron chi connectivity index (χ3n) is 4.59. The number of carbonyl (C=O) groups is 2. The summed E-state index contributed by atoms with van der Waals surface area (Å²) in [4.78, 5) is 24.1. The van der Waals surface area contributed by atoms with Gasteiger partial charge in [0.05, 0.1) is 12.7 Å². The fraction of sp³-hybridized carbons (Fsp3) is 0.429. The molecule has 1 aromatic carbocycles. The first-order valence-corrected chi connectivity index (χ1v) is 9.11. The molecule has 1 fully saturated rings. The van der Waals surface area contributed by atoms with Crippen molar-refractivity contribution in [3.8, 4) is 23.7 Å². The third-order valence-corrected chi connectivity index (χ3v) is 4.59. The molecule has 8 heteroatoms. The first kappa shape index (κ1) is 22.4. The van der Waals surface area contributed by atoms with Gasteiger partial charge in [0.2, 0.25) is 0 Å². The predicted molar refractivity (Wildman–Crippen MR) is 105 cm³/mol. The molecule has 0 aromatic heterocycles. The Morgan fingerprint density at radius 2 is 1.93 bits per heavy atom. The lowest BCUT2D eigenvalue weighted by atomic mass is 9.95. The Kier molecular flexibility index (Phi) is 7.38. The van der Waals surface area contributed by atoms with Crippen molar-refractivity contribution >= 4 is 11.8 Å². The summed E-state index contributed by atoms with van der Waals surface area (Å²) in [5.41, 5.74) is 7.27. The molecule has 2 rings (SSSR count). The van der Waals surface area contributed by atoms with E-state index in [9.17, 15) is 14.7 Å². The third kappa shape index (κ3) is 6.31. The summed E-state index contributed by atoms with van der Waals surface area (Å²) in [6.45, 7) is 2.85. The van der Waals surface area contributed by atoms with E-state index in [0.29, 0.717) is 11.1 Å². The molecule has 1 aliphatic carbocycles. The number of nitrogens with two attached hydrogens (primary N) is 1. The highest BCUT2D eigenvalue weighted by atomic mass is 16.5. The molecular weight excluding hydrogens is 374 g/mol. The lowest BCUT2D eigenvalue weighted by Gasteiger charge is -2.29. The standard InChI is InChI=1S/C21H25N3O5/c1-21(2,22)18(20(28)24-29)23-19(27)14-9-7-13(8-10-14)5-3-4-6-15-11-16(15)17(26)12-25/h7-10,15-18,25-26,29H,11-12,22H2,1-2H3,(H,23,27)(H,24,28)/t15?,16-,17?,18-/m1/s1. The van der Waals surface area contributed by atoms with Crippen molar-refractivity contribution < 1.29 is 25.0 Å². The van der Waals surface area contributed by atoms with Crippen LogP contribution in [0, 0.1) is 35.5 Å². The van der Waals surface area contributed by atoms with Gasteiger partial charge in [0.25, 0.3) is 11.8 Å². The van der Waals surface area contributed by atoms with E-state index in [1.807, 2.05) is 0 Å². The molecule has 0 radical (unpaired) electrons. The first-order chi connectivity index (χ1) is 13.7. The van der Waals surface area contributed by atoms with Gasteiger partial charge in [0.1, 0.15) is 6.04 Å². The maximum atomic E-state index is 12.4. The first-order valence-electron chi connectivity index (χ1n) is 9.11. The highest BCUT2D eigenvalue weighted by Gasteiger charge is 2.41. The second-order valence-corrected chi connectivity index (χ2v) is 7.56. The van der Waals surface area contributed by atoms with Crippen LogP contribution in [0.3, 0.4) is 0 Å². The van der Waals surface area contributed by atoms with Gasteiger partial charge < -0.3 is 21.3 Å². The van der Waals surface area contributed by atoms with Gasteiger partial charge in [0, 0.05) is 28.5 Å². The number of hydrogen-bond acceptors (Lipinski definition) is 6. The minimum absolute atomic E-state index is 0.0161. The Balaban J connectivity index is 1.97. The summed E-state index contributed by atoms with van der Waals surface area (Å²) < 4.78 is 0. The van der Waals surface area contributed by atoms with Crippen molar-refractivity contribution in [1.29, 1.82) is 0 Å². The highest BCUT2D eigenvalue weighted by molar-refractivity contribution is 5.97. The molecule has 2 amide bonds. The molecule has 0 spiro atoms. The number of nitrogens with one attached hydrogen (secondary N) is 2. The summed E-state index contributed by atoms with van der Waals surface area (Å²) in [6, 6.07) is 5.28. The van der Waals surface area contributed by atoms with E-state index in [1.54, 1.807) is 38.1 Å². The van der Waals surface area contributed by atoms with E-state index >= 15 is 0 Å². The molecule has 8 nitrogen and oxygen atoms in total. The molecule has 0 saturated heterocycles. The number of hydroxylamine groups is 1. The fourth-order valence-electron chi connectivity index (χ4n) is 2.75. The minimum Gasteiger partial charge on any atom is -0.394 e. The van der Waals surface area contributed by atoms with Crippen molar-refractivity contribution in [1.82, 2.24) is 10.8 Å². The maximum Gasteiger partial charge on any atom is 0.267 e. The predicted octanol–water partition coefficient (Wildman–Crippen LogP) is -0.628. The van der Waals surface area contributed by atoms with Gasteiger partial charge in [-0.1, -0.05) is 11.8 Å². The summed E-state index contributed by atoms with van der Waals surface area (Å²) in [5, 5.41) is 29.7. The van der Waals surface area contributed by atoms with E-state index in [-0.39, 0.29) is 18.4 Å². The molecule has 1 aliphatic rings. The van der Waals surface area contributed by atoms with E-state index in [0.717, 1.165) is 6.42 Å². The van der Waals surface area contributed by atoms with Crippen LogP contribution >= 0.6 is 0 Å². The highest BCUT2D eigenvalue weighted by Crippen LogP contribution is 2.40. The molecule has 1 aromatic rings. The van der Waals surface area contributed by atoms with Crippen LogP contribution in [0.25, 0.3) is 0 Å². The van der Waals surface area contributed by atoms with Gasteiger partial charge >= 0.3 is 0 Å². The van der Waals surface area contributed by atoms with Gasteiger partial charge in [-0.2, -0.15) is 0 Å². The molecule has 154 valence electrons. The van der Waals surface area contributed by atoms with Crippen LogP contribution in [-0.2, 0) is 4.79 Å². The Morgan fingerprint density at radius 1 is 1.28 bits per heavy atom. The second-order valence-electron chi connectivity index (χ2n) is 7.56. The van der Waals surface area contributed by atoms with Gasteiger partial charge in [-0.3, -0.25) is 14.8 Å². The van der Waals surface area contributed by atoms with Gasteiger partial charge in [-0.15, -0.1) is 0 Å². The zero-order valence-corrected chi connectivity index (χ0v) is 16.3. The molecule has 0 heterocycles. The number of rotatable bonds is 6.